The standard InChI is InChI=1S/C14H18ClNO2/c1-3-4-9-18-11(2)14(17)16-10-12-5-7-13(15)8-6-12/h3,5-8,11H,1,4,9-10H2,2H3,(H,16,17). The van der Waals surface area contributed by atoms with Crippen LogP contribution in [-0.2, 0) is 16.1 Å². The lowest BCUT2D eigenvalue weighted by atomic mass is 10.2. The summed E-state index contributed by atoms with van der Waals surface area (Å²) >= 11 is 5.78. The van der Waals surface area contributed by atoms with Crippen LogP contribution < -0.4 is 5.32 Å². The number of amides is 1. The van der Waals surface area contributed by atoms with E-state index in [0.29, 0.717) is 18.2 Å². The van der Waals surface area contributed by atoms with Crippen LogP contribution in [-0.4, -0.2) is 18.6 Å². The van der Waals surface area contributed by atoms with E-state index in [0.717, 1.165) is 12.0 Å². The zero-order valence-corrected chi connectivity index (χ0v) is 11.2. The SMILES string of the molecule is C=CCCOC(C)C(=O)NCc1ccc(Cl)cc1. The number of halogens is 1. The average Bonchev–Trinajstić information content (AvgIpc) is 2.38. The highest BCUT2D eigenvalue weighted by molar-refractivity contribution is 6.30. The second-order valence-electron chi connectivity index (χ2n) is 3.93. The molecular weight excluding hydrogens is 250 g/mol. The van der Waals surface area contributed by atoms with Crippen LogP contribution in [0, 0.1) is 0 Å². The van der Waals surface area contributed by atoms with E-state index in [9.17, 15) is 4.79 Å². The molecule has 0 bridgehead atoms. The van der Waals surface area contributed by atoms with Crippen molar-refractivity contribution in [2.45, 2.75) is 26.0 Å². The number of ether oxygens (including phenoxy) is 1. The van der Waals surface area contributed by atoms with Crippen LogP contribution in [0.1, 0.15) is 18.9 Å². The van der Waals surface area contributed by atoms with Crippen molar-refractivity contribution in [2.75, 3.05) is 6.61 Å². The van der Waals surface area contributed by atoms with Crippen molar-refractivity contribution in [1.29, 1.82) is 0 Å². The van der Waals surface area contributed by atoms with E-state index >= 15 is 0 Å². The topological polar surface area (TPSA) is 38.3 Å². The summed E-state index contributed by atoms with van der Waals surface area (Å²) < 4.78 is 5.35. The molecule has 0 spiro atoms. The first-order chi connectivity index (χ1) is 8.63. The molecule has 0 aliphatic carbocycles. The van der Waals surface area contributed by atoms with E-state index in [-0.39, 0.29) is 5.91 Å². The lowest BCUT2D eigenvalue weighted by molar-refractivity contribution is -0.131. The molecule has 18 heavy (non-hydrogen) atoms. The fourth-order valence-electron chi connectivity index (χ4n) is 1.34. The Morgan fingerprint density at radius 3 is 2.78 bits per heavy atom. The fraction of sp³-hybridized carbons (Fsp3) is 0.357. The van der Waals surface area contributed by atoms with Gasteiger partial charge in [-0.25, -0.2) is 0 Å². The Morgan fingerprint density at radius 2 is 2.17 bits per heavy atom. The summed E-state index contributed by atoms with van der Waals surface area (Å²) in [4.78, 5) is 11.7. The fourth-order valence-corrected chi connectivity index (χ4v) is 1.46. The Hall–Kier alpha value is -1.32. The molecule has 0 heterocycles. The summed E-state index contributed by atoms with van der Waals surface area (Å²) in [5.41, 5.74) is 1.01. The second kappa shape index (κ2) is 7.90. The molecule has 1 atom stereocenters. The van der Waals surface area contributed by atoms with Gasteiger partial charge in [-0.05, 0) is 31.0 Å². The zero-order valence-electron chi connectivity index (χ0n) is 10.5. The molecule has 0 aliphatic rings. The molecule has 4 heteroatoms. The Balaban J connectivity index is 2.31. The molecule has 1 aromatic rings. The molecule has 0 aromatic heterocycles. The molecule has 3 nitrogen and oxygen atoms in total. The molecule has 0 saturated carbocycles. The van der Waals surface area contributed by atoms with E-state index in [2.05, 4.69) is 11.9 Å². The van der Waals surface area contributed by atoms with Crippen LogP contribution in [0.2, 0.25) is 5.02 Å². The Labute approximate surface area is 113 Å². The van der Waals surface area contributed by atoms with Crippen molar-refractivity contribution >= 4 is 17.5 Å². The van der Waals surface area contributed by atoms with Crippen LogP contribution in [0.15, 0.2) is 36.9 Å². The molecule has 1 amide bonds. The van der Waals surface area contributed by atoms with Gasteiger partial charge in [0.2, 0.25) is 5.91 Å². The quantitative estimate of drug-likeness (QED) is 0.609. The maximum absolute atomic E-state index is 11.7. The van der Waals surface area contributed by atoms with E-state index in [1.54, 1.807) is 25.1 Å². The molecule has 1 N–H and O–H groups in total. The number of rotatable bonds is 7. The Bertz CT molecular complexity index is 389. The smallest absolute Gasteiger partial charge is 0.249 e. The van der Waals surface area contributed by atoms with Gasteiger partial charge in [0.1, 0.15) is 6.10 Å². The summed E-state index contributed by atoms with van der Waals surface area (Å²) in [6, 6.07) is 7.36. The highest BCUT2D eigenvalue weighted by atomic mass is 35.5. The van der Waals surface area contributed by atoms with Crippen molar-refractivity contribution in [3.63, 3.8) is 0 Å². The van der Waals surface area contributed by atoms with Gasteiger partial charge >= 0.3 is 0 Å². The van der Waals surface area contributed by atoms with E-state index in [4.69, 9.17) is 16.3 Å². The molecular formula is C14H18ClNO2. The summed E-state index contributed by atoms with van der Waals surface area (Å²) in [5, 5.41) is 3.50. The number of carbonyl (C=O) groups excluding carboxylic acids is 1. The summed E-state index contributed by atoms with van der Waals surface area (Å²) in [5.74, 6) is -0.117. The lowest BCUT2D eigenvalue weighted by Gasteiger charge is -2.12. The number of benzene rings is 1. The van der Waals surface area contributed by atoms with E-state index in [1.807, 2.05) is 12.1 Å². The summed E-state index contributed by atoms with van der Waals surface area (Å²) in [6.07, 6.45) is 2.06. The molecule has 1 unspecified atom stereocenters. The predicted octanol–water partition coefficient (Wildman–Crippen LogP) is 2.94. The number of nitrogens with one attached hydrogen (secondary N) is 1. The van der Waals surface area contributed by atoms with Gasteiger partial charge in [0.15, 0.2) is 0 Å². The number of hydrogen-bond donors (Lipinski definition) is 1. The van der Waals surface area contributed by atoms with Gasteiger partial charge in [0.05, 0.1) is 6.61 Å². The molecule has 98 valence electrons. The minimum Gasteiger partial charge on any atom is -0.368 e. The summed E-state index contributed by atoms with van der Waals surface area (Å²) in [7, 11) is 0. The third-order valence-electron chi connectivity index (χ3n) is 2.44. The van der Waals surface area contributed by atoms with Gasteiger partial charge in [-0.1, -0.05) is 29.8 Å². The molecule has 0 aliphatic heterocycles. The van der Waals surface area contributed by atoms with Gasteiger partial charge in [-0.15, -0.1) is 6.58 Å². The van der Waals surface area contributed by atoms with Crippen LogP contribution >= 0.6 is 11.6 Å². The van der Waals surface area contributed by atoms with Crippen molar-refractivity contribution in [1.82, 2.24) is 5.32 Å². The largest absolute Gasteiger partial charge is 0.368 e. The third kappa shape index (κ3) is 5.34. The lowest BCUT2D eigenvalue weighted by Crippen LogP contribution is -2.34. The average molecular weight is 268 g/mol. The van der Waals surface area contributed by atoms with Crippen molar-refractivity contribution < 1.29 is 9.53 Å². The van der Waals surface area contributed by atoms with E-state index in [1.165, 1.54) is 0 Å². The molecule has 0 radical (unpaired) electrons. The van der Waals surface area contributed by atoms with Crippen molar-refractivity contribution in [2.24, 2.45) is 0 Å². The zero-order chi connectivity index (χ0) is 13.4. The Kier molecular flexibility index (Phi) is 6.47. The minimum absolute atomic E-state index is 0.117. The van der Waals surface area contributed by atoms with Crippen LogP contribution in [0.3, 0.4) is 0 Å². The first kappa shape index (κ1) is 14.7. The van der Waals surface area contributed by atoms with Gasteiger partial charge in [-0.3, -0.25) is 4.79 Å². The molecule has 1 aromatic carbocycles. The maximum Gasteiger partial charge on any atom is 0.249 e. The van der Waals surface area contributed by atoms with Crippen molar-refractivity contribution in [3.8, 4) is 0 Å². The van der Waals surface area contributed by atoms with Crippen molar-refractivity contribution in [3.05, 3.63) is 47.5 Å². The highest BCUT2D eigenvalue weighted by Crippen LogP contribution is 2.09. The van der Waals surface area contributed by atoms with Gasteiger partial charge in [0.25, 0.3) is 0 Å². The number of hydrogen-bond acceptors (Lipinski definition) is 2. The molecule has 0 fully saturated rings. The molecule has 0 saturated heterocycles. The number of carbonyl (C=O) groups is 1. The van der Waals surface area contributed by atoms with Crippen LogP contribution in [0.4, 0.5) is 0 Å². The van der Waals surface area contributed by atoms with Gasteiger partial charge in [-0.2, -0.15) is 0 Å². The minimum atomic E-state index is -0.447. The maximum atomic E-state index is 11.7. The molecule has 1 rings (SSSR count). The first-order valence-corrected chi connectivity index (χ1v) is 6.26. The highest BCUT2D eigenvalue weighted by Gasteiger charge is 2.11. The second-order valence-corrected chi connectivity index (χ2v) is 4.37. The normalized spacial score (nSPS) is 11.9. The first-order valence-electron chi connectivity index (χ1n) is 5.88. The third-order valence-corrected chi connectivity index (χ3v) is 2.69. The monoisotopic (exact) mass is 267 g/mol. The predicted molar refractivity (Wildman–Crippen MR) is 73.5 cm³/mol. The van der Waals surface area contributed by atoms with Crippen LogP contribution in [0.25, 0.3) is 0 Å². The van der Waals surface area contributed by atoms with E-state index < -0.39 is 6.10 Å². The van der Waals surface area contributed by atoms with Gasteiger partial charge in [0, 0.05) is 11.6 Å². The van der Waals surface area contributed by atoms with Crippen LogP contribution in [0.5, 0.6) is 0 Å². The summed E-state index contributed by atoms with van der Waals surface area (Å²) in [6.45, 7) is 6.32. The Morgan fingerprint density at radius 1 is 1.50 bits per heavy atom. The van der Waals surface area contributed by atoms with Gasteiger partial charge < -0.3 is 10.1 Å².